The molecule has 2 rings (SSSR count). The van der Waals surface area contributed by atoms with E-state index >= 15 is 0 Å². The molecule has 1 aliphatic heterocycles. The van der Waals surface area contributed by atoms with Gasteiger partial charge >= 0.3 is 0 Å². The number of nitrogens with one attached hydrogen (secondary N) is 1. The van der Waals surface area contributed by atoms with E-state index < -0.39 is 0 Å². The summed E-state index contributed by atoms with van der Waals surface area (Å²) in [7, 11) is 1.62. The summed E-state index contributed by atoms with van der Waals surface area (Å²) in [6, 6.07) is 5.66. The van der Waals surface area contributed by atoms with Crippen LogP contribution in [0.4, 0.5) is 0 Å². The lowest BCUT2D eigenvalue weighted by atomic mass is 10.0. The third kappa shape index (κ3) is 7.63. The quantitative estimate of drug-likeness (QED) is 0.528. The Labute approximate surface area is 163 Å². The van der Waals surface area contributed by atoms with Gasteiger partial charge < -0.3 is 19.7 Å². The van der Waals surface area contributed by atoms with Gasteiger partial charge in [-0.05, 0) is 75.9 Å². The average Bonchev–Trinajstić information content (AvgIpc) is 2.64. The van der Waals surface area contributed by atoms with E-state index in [2.05, 4.69) is 17.1 Å². The van der Waals surface area contributed by atoms with Gasteiger partial charge in [-0.15, -0.1) is 0 Å². The topological polar surface area (TPSA) is 50.8 Å². The van der Waals surface area contributed by atoms with E-state index in [-0.39, 0.29) is 12.0 Å². The number of carbonyl (C=O) groups is 1. The van der Waals surface area contributed by atoms with Crippen LogP contribution in [0.2, 0.25) is 0 Å². The van der Waals surface area contributed by atoms with Crippen LogP contribution in [0, 0.1) is 5.92 Å². The zero-order valence-electron chi connectivity index (χ0n) is 17.2. The molecule has 1 fully saturated rings. The molecule has 1 amide bonds. The fourth-order valence-electron chi connectivity index (χ4n) is 3.37. The maximum atomic E-state index is 12.0. The number of ether oxygens (including phenoxy) is 2. The van der Waals surface area contributed by atoms with E-state index in [1.165, 1.54) is 25.9 Å². The predicted molar refractivity (Wildman–Crippen MR) is 110 cm³/mol. The van der Waals surface area contributed by atoms with Crippen LogP contribution in [0.5, 0.6) is 11.5 Å². The molecule has 1 N–H and O–H groups in total. The fraction of sp³-hybridized carbons (Fsp3) is 0.591. The lowest BCUT2D eigenvalue weighted by Crippen LogP contribution is -2.36. The fourth-order valence-corrected chi connectivity index (χ4v) is 3.37. The lowest BCUT2D eigenvalue weighted by molar-refractivity contribution is -0.116. The van der Waals surface area contributed by atoms with Gasteiger partial charge in [-0.2, -0.15) is 0 Å². The third-order valence-electron chi connectivity index (χ3n) is 4.67. The van der Waals surface area contributed by atoms with Gasteiger partial charge in [0.2, 0.25) is 5.91 Å². The highest BCUT2D eigenvalue weighted by molar-refractivity contribution is 5.91. The van der Waals surface area contributed by atoms with Gasteiger partial charge in [0.05, 0.1) is 13.2 Å². The van der Waals surface area contributed by atoms with Crippen LogP contribution in [0.15, 0.2) is 24.3 Å². The Balaban J connectivity index is 1.75. The van der Waals surface area contributed by atoms with E-state index in [1.54, 1.807) is 19.3 Å². The number of likely N-dealkylation sites (tertiary alicyclic amines) is 1. The highest BCUT2D eigenvalue weighted by atomic mass is 16.5. The summed E-state index contributed by atoms with van der Waals surface area (Å²) in [4.78, 5) is 14.5. The molecular weight excluding hydrogens is 340 g/mol. The molecule has 1 saturated heterocycles. The number of amides is 1. The van der Waals surface area contributed by atoms with Crippen LogP contribution in [-0.4, -0.2) is 50.2 Å². The molecule has 1 aromatic rings. The molecule has 0 radical (unpaired) electrons. The Hall–Kier alpha value is -2.01. The minimum atomic E-state index is -0.0662. The number of piperidine rings is 1. The molecule has 1 atom stereocenters. The number of rotatable bonds is 9. The molecule has 1 heterocycles. The van der Waals surface area contributed by atoms with Gasteiger partial charge in [-0.3, -0.25) is 4.79 Å². The summed E-state index contributed by atoms with van der Waals surface area (Å²) >= 11 is 0. The largest absolute Gasteiger partial charge is 0.493 e. The summed E-state index contributed by atoms with van der Waals surface area (Å²) in [5, 5.41) is 2.96. The standard InChI is InChI=1S/C22H34N2O3/c1-17(2)27-20-10-8-19(15-21(20)26-4)9-11-22(25)23-12-6-14-24-13-5-7-18(3)16-24/h8-11,15,17-18H,5-7,12-14,16H2,1-4H3,(H,23,25)/b11-9+/t18-/m0/s1. The van der Waals surface area contributed by atoms with Crippen molar-refractivity contribution >= 4 is 12.0 Å². The highest BCUT2D eigenvalue weighted by Gasteiger charge is 2.15. The molecule has 0 aliphatic carbocycles. The second-order valence-corrected chi connectivity index (χ2v) is 7.60. The molecule has 0 bridgehead atoms. The predicted octanol–water partition coefficient (Wildman–Crippen LogP) is 3.73. The van der Waals surface area contributed by atoms with Crippen molar-refractivity contribution in [1.82, 2.24) is 10.2 Å². The van der Waals surface area contributed by atoms with Crippen molar-refractivity contribution < 1.29 is 14.3 Å². The normalized spacial score (nSPS) is 18.0. The minimum Gasteiger partial charge on any atom is -0.493 e. The number of methoxy groups -OCH3 is 1. The number of hydrogen-bond donors (Lipinski definition) is 1. The zero-order chi connectivity index (χ0) is 19.6. The van der Waals surface area contributed by atoms with Crippen molar-refractivity contribution in [1.29, 1.82) is 0 Å². The first-order valence-electron chi connectivity index (χ1n) is 10.0. The third-order valence-corrected chi connectivity index (χ3v) is 4.67. The van der Waals surface area contributed by atoms with Crippen molar-refractivity contribution in [3.05, 3.63) is 29.8 Å². The first-order valence-corrected chi connectivity index (χ1v) is 10.0. The monoisotopic (exact) mass is 374 g/mol. The van der Waals surface area contributed by atoms with Crippen LogP contribution < -0.4 is 14.8 Å². The van der Waals surface area contributed by atoms with E-state index in [1.807, 2.05) is 32.0 Å². The Bertz CT molecular complexity index is 628. The number of hydrogen-bond acceptors (Lipinski definition) is 4. The summed E-state index contributed by atoms with van der Waals surface area (Å²) in [5.41, 5.74) is 0.903. The Morgan fingerprint density at radius 2 is 2.19 bits per heavy atom. The number of nitrogens with zero attached hydrogens (tertiary/aromatic N) is 1. The Morgan fingerprint density at radius 1 is 1.37 bits per heavy atom. The van der Waals surface area contributed by atoms with Crippen molar-refractivity contribution in [3.8, 4) is 11.5 Å². The van der Waals surface area contributed by atoms with E-state index in [9.17, 15) is 4.79 Å². The first-order chi connectivity index (χ1) is 13.0. The van der Waals surface area contributed by atoms with Gasteiger partial charge in [0.25, 0.3) is 0 Å². The van der Waals surface area contributed by atoms with Crippen molar-refractivity contribution in [2.24, 2.45) is 5.92 Å². The van der Waals surface area contributed by atoms with Gasteiger partial charge in [0, 0.05) is 19.2 Å². The molecule has 5 heteroatoms. The van der Waals surface area contributed by atoms with Crippen LogP contribution >= 0.6 is 0 Å². The van der Waals surface area contributed by atoms with Crippen LogP contribution in [0.3, 0.4) is 0 Å². The summed E-state index contributed by atoms with van der Waals surface area (Å²) < 4.78 is 11.1. The van der Waals surface area contributed by atoms with Crippen LogP contribution in [0.25, 0.3) is 6.08 Å². The molecule has 0 saturated carbocycles. The summed E-state index contributed by atoms with van der Waals surface area (Å²) in [6.07, 6.45) is 7.07. The molecular formula is C22H34N2O3. The Kier molecular flexibility index (Phi) is 8.65. The van der Waals surface area contributed by atoms with Gasteiger partial charge in [0.15, 0.2) is 11.5 Å². The van der Waals surface area contributed by atoms with Gasteiger partial charge in [-0.25, -0.2) is 0 Å². The zero-order valence-corrected chi connectivity index (χ0v) is 17.2. The Morgan fingerprint density at radius 3 is 2.89 bits per heavy atom. The summed E-state index contributed by atoms with van der Waals surface area (Å²) in [5.74, 6) is 2.11. The molecule has 0 unspecified atom stereocenters. The molecule has 1 aromatic carbocycles. The van der Waals surface area contributed by atoms with Crippen molar-refractivity contribution in [2.75, 3.05) is 33.3 Å². The highest BCUT2D eigenvalue weighted by Crippen LogP contribution is 2.29. The molecule has 1 aliphatic rings. The van der Waals surface area contributed by atoms with Gasteiger partial charge in [-0.1, -0.05) is 13.0 Å². The molecule has 150 valence electrons. The van der Waals surface area contributed by atoms with Crippen molar-refractivity contribution in [3.63, 3.8) is 0 Å². The molecule has 0 aromatic heterocycles. The van der Waals surface area contributed by atoms with Crippen molar-refractivity contribution in [2.45, 2.75) is 46.1 Å². The molecule has 5 nitrogen and oxygen atoms in total. The van der Waals surface area contributed by atoms with Crippen LogP contribution in [-0.2, 0) is 4.79 Å². The second-order valence-electron chi connectivity index (χ2n) is 7.60. The van der Waals surface area contributed by atoms with Crippen LogP contribution in [0.1, 0.15) is 45.6 Å². The second kappa shape index (κ2) is 11.0. The average molecular weight is 375 g/mol. The molecule has 0 spiro atoms. The van der Waals surface area contributed by atoms with E-state index in [0.717, 1.165) is 24.4 Å². The number of benzene rings is 1. The van der Waals surface area contributed by atoms with E-state index in [4.69, 9.17) is 9.47 Å². The minimum absolute atomic E-state index is 0.0662. The SMILES string of the molecule is COc1cc(/C=C/C(=O)NCCCN2CCC[C@H](C)C2)ccc1OC(C)C. The van der Waals surface area contributed by atoms with E-state index in [0.29, 0.717) is 18.0 Å². The van der Waals surface area contributed by atoms with Gasteiger partial charge in [0.1, 0.15) is 0 Å². The smallest absolute Gasteiger partial charge is 0.243 e. The lowest BCUT2D eigenvalue weighted by Gasteiger charge is -2.30. The maximum absolute atomic E-state index is 12.0. The number of carbonyl (C=O) groups excluding carboxylic acids is 1. The first kappa shape index (κ1) is 21.3. The maximum Gasteiger partial charge on any atom is 0.243 e. The molecule has 27 heavy (non-hydrogen) atoms. The summed E-state index contributed by atoms with van der Waals surface area (Å²) in [6.45, 7) is 10.4.